The molecule has 0 aromatic heterocycles. The van der Waals surface area contributed by atoms with Crippen LogP contribution in [0.5, 0.6) is 0 Å². The number of rotatable bonds is 6. The van der Waals surface area contributed by atoms with E-state index in [9.17, 15) is 13.6 Å². The summed E-state index contributed by atoms with van der Waals surface area (Å²) in [6.45, 7) is 1.57. The minimum absolute atomic E-state index is 0.303. The molecule has 0 saturated carbocycles. The molecule has 1 aromatic rings. The van der Waals surface area contributed by atoms with Gasteiger partial charge in [-0.05, 0) is 31.4 Å². The van der Waals surface area contributed by atoms with Gasteiger partial charge in [-0.3, -0.25) is 4.79 Å². The van der Waals surface area contributed by atoms with Gasteiger partial charge in [0.05, 0.1) is 0 Å². The van der Waals surface area contributed by atoms with Gasteiger partial charge in [0.2, 0.25) is 5.91 Å². The third-order valence-electron chi connectivity index (χ3n) is 2.87. The maximum Gasteiger partial charge on any atom is 0.217 e. The van der Waals surface area contributed by atoms with Crippen LogP contribution >= 0.6 is 0 Å². The summed E-state index contributed by atoms with van der Waals surface area (Å²) in [5.41, 5.74) is 11.5. The van der Waals surface area contributed by atoms with Crippen LogP contribution in [0.2, 0.25) is 0 Å². The molecule has 0 radical (unpaired) electrons. The summed E-state index contributed by atoms with van der Waals surface area (Å²) >= 11 is 0. The van der Waals surface area contributed by atoms with Gasteiger partial charge in [-0.1, -0.05) is 6.42 Å². The zero-order valence-electron chi connectivity index (χ0n) is 10.4. The van der Waals surface area contributed by atoms with E-state index in [-0.39, 0.29) is 5.91 Å². The van der Waals surface area contributed by atoms with Gasteiger partial charge < -0.3 is 11.5 Å². The molecule has 1 aromatic carbocycles. The minimum Gasteiger partial charge on any atom is -0.370 e. The molecule has 3 nitrogen and oxygen atoms in total. The van der Waals surface area contributed by atoms with Crippen molar-refractivity contribution in [2.75, 3.05) is 0 Å². The number of carbonyl (C=O) groups excluding carboxylic acids is 1. The second kappa shape index (κ2) is 6.44. The lowest BCUT2D eigenvalue weighted by Crippen LogP contribution is -2.14. The number of benzene rings is 1. The topological polar surface area (TPSA) is 69.1 Å². The summed E-state index contributed by atoms with van der Waals surface area (Å²) in [6, 6.07) is 1.80. The number of amides is 1. The summed E-state index contributed by atoms with van der Waals surface area (Å²) in [5.74, 6) is -1.55. The second-order valence-electron chi connectivity index (χ2n) is 4.44. The lowest BCUT2D eigenvalue weighted by Gasteiger charge is -2.13. The molecule has 0 aliphatic heterocycles. The Kier molecular flexibility index (Phi) is 5.22. The predicted octanol–water partition coefficient (Wildman–Crippen LogP) is 2.32. The molecule has 100 valence electrons. The molecule has 0 aliphatic carbocycles. The number of primary amides is 1. The van der Waals surface area contributed by atoms with Gasteiger partial charge in [0.15, 0.2) is 0 Å². The Hall–Kier alpha value is -1.49. The molecule has 0 saturated heterocycles. The third kappa shape index (κ3) is 4.07. The van der Waals surface area contributed by atoms with Gasteiger partial charge in [-0.15, -0.1) is 0 Å². The highest BCUT2D eigenvalue weighted by molar-refractivity contribution is 5.73. The highest BCUT2D eigenvalue weighted by atomic mass is 19.1. The number of hydrogen-bond donors (Lipinski definition) is 2. The van der Waals surface area contributed by atoms with E-state index in [1.807, 2.05) is 0 Å². The molecule has 0 heterocycles. The first-order valence-corrected chi connectivity index (χ1v) is 5.91. The maximum atomic E-state index is 13.5. The fourth-order valence-electron chi connectivity index (χ4n) is 1.78. The second-order valence-corrected chi connectivity index (χ2v) is 4.44. The van der Waals surface area contributed by atoms with Crippen molar-refractivity contribution < 1.29 is 13.6 Å². The van der Waals surface area contributed by atoms with Crippen molar-refractivity contribution in [2.45, 2.75) is 38.6 Å². The van der Waals surface area contributed by atoms with Crippen molar-refractivity contribution in [1.82, 2.24) is 0 Å². The number of hydrogen-bond acceptors (Lipinski definition) is 2. The minimum atomic E-state index is -0.625. The fraction of sp³-hybridized carbons (Fsp3) is 0.462. The summed E-state index contributed by atoms with van der Waals surface area (Å²) in [6.07, 6.45) is 2.15. The molecule has 18 heavy (non-hydrogen) atoms. The fourth-order valence-corrected chi connectivity index (χ4v) is 1.78. The van der Waals surface area contributed by atoms with E-state index in [0.29, 0.717) is 36.8 Å². The molecule has 1 amide bonds. The smallest absolute Gasteiger partial charge is 0.217 e. The molecule has 0 spiro atoms. The van der Waals surface area contributed by atoms with E-state index in [1.165, 1.54) is 6.07 Å². The van der Waals surface area contributed by atoms with Gasteiger partial charge in [0.1, 0.15) is 11.6 Å². The highest BCUT2D eigenvalue weighted by Gasteiger charge is 2.14. The van der Waals surface area contributed by atoms with Crippen molar-refractivity contribution >= 4 is 5.91 Å². The molecule has 1 rings (SSSR count). The molecule has 1 atom stereocenters. The quantitative estimate of drug-likeness (QED) is 0.767. The lowest BCUT2D eigenvalue weighted by molar-refractivity contribution is -0.118. The van der Waals surface area contributed by atoms with Gasteiger partial charge in [-0.25, -0.2) is 8.78 Å². The number of halogens is 2. The van der Waals surface area contributed by atoms with Gasteiger partial charge in [-0.2, -0.15) is 0 Å². The SMILES string of the molecule is Cc1cc(C(N)CCCCC(N)=O)c(F)cc1F. The van der Waals surface area contributed by atoms with Crippen LogP contribution in [0.3, 0.4) is 0 Å². The van der Waals surface area contributed by atoms with Crippen LogP contribution in [0.15, 0.2) is 12.1 Å². The van der Waals surface area contributed by atoms with E-state index < -0.39 is 17.7 Å². The number of nitrogens with two attached hydrogens (primary N) is 2. The Morgan fingerprint density at radius 1 is 1.28 bits per heavy atom. The molecule has 0 aliphatic rings. The van der Waals surface area contributed by atoms with Crippen molar-refractivity contribution in [3.8, 4) is 0 Å². The van der Waals surface area contributed by atoms with Crippen molar-refractivity contribution in [3.05, 3.63) is 34.9 Å². The third-order valence-corrected chi connectivity index (χ3v) is 2.87. The van der Waals surface area contributed by atoms with Crippen LogP contribution < -0.4 is 11.5 Å². The van der Waals surface area contributed by atoms with E-state index in [0.717, 1.165) is 6.07 Å². The Balaban J connectivity index is 2.58. The summed E-state index contributed by atoms with van der Waals surface area (Å²) < 4.78 is 26.6. The average Bonchev–Trinajstić information content (AvgIpc) is 2.28. The van der Waals surface area contributed by atoms with E-state index in [2.05, 4.69) is 0 Å². The predicted molar refractivity (Wildman–Crippen MR) is 65.7 cm³/mol. The van der Waals surface area contributed by atoms with Crippen LogP contribution in [0, 0.1) is 18.6 Å². The first-order chi connectivity index (χ1) is 8.41. The lowest BCUT2D eigenvalue weighted by atomic mass is 9.99. The van der Waals surface area contributed by atoms with Crippen LogP contribution in [-0.4, -0.2) is 5.91 Å². The zero-order valence-corrected chi connectivity index (χ0v) is 10.4. The molecule has 0 bridgehead atoms. The first kappa shape index (κ1) is 14.6. The van der Waals surface area contributed by atoms with Crippen LogP contribution in [0.25, 0.3) is 0 Å². The Morgan fingerprint density at radius 2 is 1.94 bits per heavy atom. The molecule has 0 fully saturated rings. The van der Waals surface area contributed by atoms with E-state index >= 15 is 0 Å². The van der Waals surface area contributed by atoms with E-state index in [4.69, 9.17) is 11.5 Å². The number of aryl methyl sites for hydroxylation is 1. The normalized spacial score (nSPS) is 12.4. The first-order valence-electron chi connectivity index (χ1n) is 5.91. The monoisotopic (exact) mass is 256 g/mol. The van der Waals surface area contributed by atoms with Crippen molar-refractivity contribution in [3.63, 3.8) is 0 Å². The summed E-state index contributed by atoms with van der Waals surface area (Å²) in [7, 11) is 0. The van der Waals surface area contributed by atoms with Gasteiger partial charge >= 0.3 is 0 Å². The highest BCUT2D eigenvalue weighted by Crippen LogP contribution is 2.23. The zero-order chi connectivity index (χ0) is 13.7. The van der Waals surface area contributed by atoms with Crippen LogP contribution in [0.4, 0.5) is 8.78 Å². The maximum absolute atomic E-state index is 13.5. The summed E-state index contributed by atoms with van der Waals surface area (Å²) in [4.78, 5) is 10.5. The Labute approximate surface area is 105 Å². The average molecular weight is 256 g/mol. The van der Waals surface area contributed by atoms with Crippen molar-refractivity contribution in [2.24, 2.45) is 11.5 Å². The number of unbranched alkanes of at least 4 members (excludes halogenated alkanes) is 1. The largest absolute Gasteiger partial charge is 0.370 e. The molecule has 4 N–H and O–H groups in total. The Bertz CT molecular complexity index is 435. The molecule has 1 unspecified atom stereocenters. The molecular formula is C13H18F2N2O. The molecular weight excluding hydrogens is 238 g/mol. The standard InChI is InChI=1S/C13H18F2N2O/c1-8-6-9(11(15)7-10(8)14)12(16)4-2-3-5-13(17)18/h6-7,12H,2-5,16H2,1H3,(H2,17,18). The van der Waals surface area contributed by atoms with Crippen molar-refractivity contribution in [1.29, 1.82) is 0 Å². The summed E-state index contributed by atoms with van der Waals surface area (Å²) in [5, 5.41) is 0. The van der Waals surface area contributed by atoms with E-state index in [1.54, 1.807) is 6.92 Å². The molecule has 5 heteroatoms. The van der Waals surface area contributed by atoms with Crippen LogP contribution in [-0.2, 0) is 4.79 Å². The Morgan fingerprint density at radius 3 is 2.56 bits per heavy atom. The number of carbonyl (C=O) groups is 1. The van der Waals surface area contributed by atoms with Gasteiger partial charge in [0.25, 0.3) is 0 Å². The van der Waals surface area contributed by atoms with Crippen LogP contribution in [0.1, 0.15) is 42.9 Å². The van der Waals surface area contributed by atoms with Gasteiger partial charge in [0, 0.05) is 24.1 Å².